The van der Waals surface area contributed by atoms with Crippen molar-refractivity contribution in [3.05, 3.63) is 157 Å². The topological polar surface area (TPSA) is 35.5 Å². The summed E-state index contributed by atoms with van der Waals surface area (Å²) >= 11 is 25.1. The van der Waals surface area contributed by atoms with Crippen molar-refractivity contribution in [2.45, 2.75) is 19.4 Å². The lowest BCUT2D eigenvalue weighted by Gasteiger charge is -2.36. The van der Waals surface area contributed by atoms with Gasteiger partial charge in [-0.15, -0.1) is 0 Å². The molecule has 4 aromatic carbocycles. The molecule has 1 unspecified atom stereocenters. The van der Waals surface area contributed by atoms with Crippen molar-refractivity contribution >= 4 is 57.9 Å². The van der Waals surface area contributed by atoms with Crippen LogP contribution in [0.1, 0.15) is 36.1 Å². The predicted octanol–water partition coefficient (Wildman–Crippen LogP) is 10.2. The minimum Gasteiger partial charge on any atom is -0.481 e. The van der Waals surface area contributed by atoms with Crippen LogP contribution in [0.5, 0.6) is 0 Å². The van der Waals surface area contributed by atoms with Gasteiger partial charge in [0.2, 0.25) is 0 Å². The van der Waals surface area contributed by atoms with Gasteiger partial charge in [0.15, 0.2) is 5.60 Å². The normalized spacial score (nSPS) is 15.8. The highest BCUT2D eigenvalue weighted by molar-refractivity contribution is 6.31. The third kappa shape index (κ3) is 5.91. The number of allylic oxidation sites excluding steroid dienone is 1. The molecule has 0 bridgehead atoms. The largest absolute Gasteiger partial charge is 0.481 e. The zero-order chi connectivity index (χ0) is 29.1. The van der Waals surface area contributed by atoms with Crippen LogP contribution in [0.15, 0.2) is 114 Å². The van der Waals surface area contributed by atoms with E-state index in [4.69, 9.17) is 55.9 Å². The first-order chi connectivity index (χ1) is 19.7. The molecule has 1 heterocycles. The summed E-state index contributed by atoms with van der Waals surface area (Å²) in [5, 5.41) is 2.41. The van der Waals surface area contributed by atoms with Crippen LogP contribution < -0.4 is 0 Å². The summed E-state index contributed by atoms with van der Waals surface area (Å²) in [6, 6.07) is 30.1. The van der Waals surface area contributed by atoms with Crippen molar-refractivity contribution in [2.75, 3.05) is 6.61 Å². The Hall–Kier alpha value is -3.21. The Labute approximate surface area is 259 Å². The van der Waals surface area contributed by atoms with E-state index < -0.39 is 17.5 Å². The minimum absolute atomic E-state index is 0.224. The molecule has 0 saturated heterocycles. The van der Waals surface area contributed by atoms with Crippen LogP contribution in [0.3, 0.4) is 0 Å². The number of carbonyl (C=O) groups excluding carboxylic acids is 1. The van der Waals surface area contributed by atoms with Gasteiger partial charge in [0.25, 0.3) is 0 Å². The average Bonchev–Trinajstić information content (AvgIpc) is 3.26. The quantitative estimate of drug-likeness (QED) is 0.192. The Balaban J connectivity index is 1.84. The molecule has 4 aromatic rings. The summed E-state index contributed by atoms with van der Waals surface area (Å²) in [6.07, 6.45) is 2.07. The van der Waals surface area contributed by atoms with Gasteiger partial charge in [-0.25, -0.2) is 4.79 Å². The molecule has 1 atom stereocenters. The van der Waals surface area contributed by atoms with Gasteiger partial charge in [0.1, 0.15) is 5.76 Å². The lowest BCUT2D eigenvalue weighted by molar-refractivity contribution is -0.139. The van der Waals surface area contributed by atoms with Crippen LogP contribution in [0.2, 0.25) is 20.1 Å². The van der Waals surface area contributed by atoms with Gasteiger partial charge in [-0.3, -0.25) is 0 Å². The van der Waals surface area contributed by atoms with Crippen LogP contribution >= 0.6 is 46.4 Å². The van der Waals surface area contributed by atoms with E-state index in [1.807, 2.05) is 97.1 Å². The molecule has 5 rings (SSSR count). The number of benzene rings is 4. The zero-order valence-corrected chi connectivity index (χ0v) is 25.4. The average molecular weight is 624 g/mol. The number of halogens is 4. The fourth-order valence-electron chi connectivity index (χ4n) is 5.29. The van der Waals surface area contributed by atoms with E-state index >= 15 is 0 Å². The van der Waals surface area contributed by atoms with Gasteiger partial charge in [-0.2, -0.15) is 0 Å². The highest BCUT2D eigenvalue weighted by Gasteiger charge is 2.53. The Morgan fingerprint density at radius 2 is 1.12 bits per heavy atom. The molecule has 0 aliphatic carbocycles. The second-order valence-corrected chi connectivity index (χ2v) is 11.4. The number of hydrogen-bond donors (Lipinski definition) is 0. The maximum atomic E-state index is 13.6. The summed E-state index contributed by atoms with van der Waals surface area (Å²) < 4.78 is 12.4. The molecule has 0 amide bonds. The van der Waals surface area contributed by atoms with E-state index in [1.54, 1.807) is 13.8 Å². The third-order valence-corrected chi connectivity index (χ3v) is 8.14. The molecule has 0 fully saturated rings. The molecule has 7 heteroatoms. The molecular weight excluding hydrogens is 598 g/mol. The fraction of sp³-hybridized carbons (Fsp3) is 0.147. The van der Waals surface area contributed by atoms with Crippen molar-refractivity contribution in [3.63, 3.8) is 0 Å². The molecule has 1 aliphatic rings. The van der Waals surface area contributed by atoms with Crippen LogP contribution in [-0.4, -0.2) is 12.6 Å². The Morgan fingerprint density at radius 3 is 1.51 bits per heavy atom. The van der Waals surface area contributed by atoms with Crippen molar-refractivity contribution in [1.82, 2.24) is 0 Å². The second-order valence-electron chi connectivity index (χ2n) is 9.61. The van der Waals surface area contributed by atoms with Crippen LogP contribution in [0, 0.1) is 5.92 Å². The maximum Gasteiger partial charge on any atom is 0.338 e. The first-order valence-corrected chi connectivity index (χ1v) is 14.6. The van der Waals surface area contributed by atoms with E-state index in [-0.39, 0.29) is 6.61 Å². The minimum atomic E-state index is -1.13. The lowest BCUT2D eigenvalue weighted by atomic mass is 9.72. The van der Waals surface area contributed by atoms with Crippen LogP contribution in [-0.2, 0) is 19.9 Å². The maximum absolute atomic E-state index is 13.6. The first-order valence-electron chi connectivity index (χ1n) is 13.1. The van der Waals surface area contributed by atoms with Gasteiger partial charge < -0.3 is 9.47 Å². The molecule has 0 N–H and O–H groups in total. The van der Waals surface area contributed by atoms with Gasteiger partial charge in [-0.05, 0) is 79.1 Å². The Kier molecular flexibility index (Phi) is 8.82. The lowest BCUT2D eigenvalue weighted by Crippen LogP contribution is -2.36. The standard InChI is InChI=1S/C34H26Cl4O3/c1-3-40-33(39)32-21(2)41-34(24-8-16-28(37)17-9-24,25-10-18-29(38)19-11-25)31(32)20-30(22-4-12-26(35)13-5-22)23-6-14-27(36)15-7-23/h4-20,31H,3H2,1-2H3. The monoisotopic (exact) mass is 622 g/mol. The summed E-state index contributed by atoms with van der Waals surface area (Å²) in [4.78, 5) is 13.6. The summed E-state index contributed by atoms with van der Waals surface area (Å²) in [5.41, 5.74) is 3.61. The Bertz CT molecular complexity index is 1510. The van der Waals surface area contributed by atoms with Crippen LogP contribution in [0.4, 0.5) is 0 Å². The molecular formula is C34H26Cl4O3. The van der Waals surface area contributed by atoms with Gasteiger partial charge in [-0.1, -0.05) is 101 Å². The first kappa shape index (κ1) is 29.3. The van der Waals surface area contributed by atoms with Gasteiger partial charge >= 0.3 is 5.97 Å². The van der Waals surface area contributed by atoms with E-state index in [9.17, 15) is 4.79 Å². The number of carbonyl (C=O) groups is 1. The van der Waals surface area contributed by atoms with E-state index in [0.717, 1.165) is 27.8 Å². The molecule has 1 aliphatic heterocycles. The van der Waals surface area contributed by atoms with Crippen molar-refractivity contribution in [2.24, 2.45) is 5.92 Å². The summed E-state index contributed by atoms with van der Waals surface area (Å²) in [7, 11) is 0. The predicted molar refractivity (Wildman–Crippen MR) is 168 cm³/mol. The molecule has 0 saturated carbocycles. The molecule has 0 spiro atoms. The molecule has 208 valence electrons. The van der Waals surface area contributed by atoms with E-state index in [0.29, 0.717) is 31.4 Å². The summed E-state index contributed by atoms with van der Waals surface area (Å²) in [6.45, 7) is 3.81. The van der Waals surface area contributed by atoms with Crippen molar-refractivity contribution < 1.29 is 14.3 Å². The smallest absolute Gasteiger partial charge is 0.338 e. The fourth-order valence-corrected chi connectivity index (χ4v) is 5.79. The molecule has 0 radical (unpaired) electrons. The zero-order valence-electron chi connectivity index (χ0n) is 22.3. The second kappa shape index (κ2) is 12.3. The van der Waals surface area contributed by atoms with Gasteiger partial charge in [0.05, 0.1) is 18.1 Å². The number of ether oxygens (including phenoxy) is 2. The van der Waals surface area contributed by atoms with Crippen molar-refractivity contribution in [1.29, 1.82) is 0 Å². The van der Waals surface area contributed by atoms with E-state index in [1.165, 1.54) is 0 Å². The molecule has 3 nitrogen and oxygen atoms in total. The molecule has 41 heavy (non-hydrogen) atoms. The van der Waals surface area contributed by atoms with Gasteiger partial charge in [0, 0.05) is 31.2 Å². The molecule has 0 aromatic heterocycles. The van der Waals surface area contributed by atoms with Crippen molar-refractivity contribution in [3.8, 4) is 0 Å². The third-order valence-electron chi connectivity index (χ3n) is 7.13. The Morgan fingerprint density at radius 1 is 0.732 bits per heavy atom. The SMILES string of the molecule is CCOC(=O)C1=C(C)OC(c2ccc(Cl)cc2)(c2ccc(Cl)cc2)C1C=C(c1ccc(Cl)cc1)c1ccc(Cl)cc1. The highest BCUT2D eigenvalue weighted by Crippen LogP contribution is 2.53. The van der Waals surface area contributed by atoms with Crippen LogP contribution in [0.25, 0.3) is 5.57 Å². The van der Waals surface area contributed by atoms with E-state index in [2.05, 4.69) is 6.08 Å². The number of hydrogen-bond acceptors (Lipinski definition) is 3. The highest BCUT2D eigenvalue weighted by atomic mass is 35.5. The number of esters is 1. The summed E-state index contributed by atoms with van der Waals surface area (Å²) in [5.74, 6) is -0.575. The number of rotatable bonds is 7.